The van der Waals surface area contributed by atoms with Crippen LogP contribution in [0, 0.1) is 0 Å². The van der Waals surface area contributed by atoms with Gasteiger partial charge in [0.15, 0.2) is 0 Å². The minimum atomic E-state index is 0.356. The van der Waals surface area contributed by atoms with Crippen molar-refractivity contribution < 1.29 is 0 Å². The van der Waals surface area contributed by atoms with Crippen molar-refractivity contribution in [2.45, 2.75) is 45.3 Å². The van der Waals surface area contributed by atoms with Gasteiger partial charge in [-0.15, -0.1) is 0 Å². The predicted molar refractivity (Wildman–Crippen MR) is 94.8 cm³/mol. The number of hydrogen-bond acceptors (Lipinski definition) is 2. The smallest absolute Gasteiger partial charge is 0.0475 e. The lowest BCUT2D eigenvalue weighted by Gasteiger charge is -2.29. The van der Waals surface area contributed by atoms with Crippen LogP contribution in [-0.4, -0.2) is 12.6 Å². The van der Waals surface area contributed by atoms with Gasteiger partial charge in [-0.3, -0.25) is 0 Å². The summed E-state index contributed by atoms with van der Waals surface area (Å²) in [7, 11) is 0. The van der Waals surface area contributed by atoms with Crippen molar-refractivity contribution in [1.29, 1.82) is 0 Å². The molecule has 0 heterocycles. The first-order valence-electron chi connectivity index (χ1n) is 8.40. The van der Waals surface area contributed by atoms with Gasteiger partial charge in [0.1, 0.15) is 0 Å². The van der Waals surface area contributed by atoms with Crippen LogP contribution < -0.4 is 10.6 Å². The summed E-state index contributed by atoms with van der Waals surface area (Å²) in [6.45, 7) is 6.43. The second-order valence-corrected chi connectivity index (χ2v) is 5.72. The fourth-order valence-corrected chi connectivity index (χ4v) is 2.80. The van der Waals surface area contributed by atoms with E-state index < -0.39 is 0 Å². The van der Waals surface area contributed by atoms with E-state index in [9.17, 15) is 0 Å². The Hall–Kier alpha value is -1.64. The summed E-state index contributed by atoms with van der Waals surface area (Å²) in [6, 6.07) is 22.2. The molecule has 0 aromatic heterocycles. The van der Waals surface area contributed by atoms with Crippen LogP contribution in [-0.2, 0) is 6.54 Å². The van der Waals surface area contributed by atoms with E-state index in [2.05, 4.69) is 85.1 Å². The Morgan fingerprint density at radius 2 is 1.45 bits per heavy atom. The standard InChI is InChI=1S/C20H28N2/c1-3-15-21-20(18-13-9-6-10-14-18)19(4-2)22-16-17-11-7-5-8-12-17/h5-14,19-22H,3-4,15-16H2,1-2H3/t19-,20-/m0/s1. The molecule has 2 aromatic rings. The molecule has 0 aliphatic heterocycles. The highest BCUT2D eigenvalue weighted by Gasteiger charge is 2.20. The molecule has 2 nitrogen and oxygen atoms in total. The number of rotatable bonds is 9. The van der Waals surface area contributed by atoms with E-state index in [-0.39, 0.29) is 0 Å². The topological polar surface area (TPSA) is 24.1 Å². The quantitative estimate of drug-likeness (QED) is 0.721. The number of hydrogen-bond donors (Lipinski definition) is 2. The third-order valence-corrected chi connectivity index (χ3v) is 4.03. The van der Waals surface area contributed by atoms with Gasteiger partial charge in [-0.05, 0) is 30.5 Å². The average molecular weight is 296 g/mol. The summed E-state index contributed by atoms with van der Waals surface area (Å²) >= 11 is 0. The minimum Gasteiger partial charge on any atom is -0.309 e. The van der Waals surface area contributed by atoms with E-state index in [0.29, 0.717) is 12.1 Å². The molecule has 0 amide bonds. The first kappa shape index (κ1) is 16.7. The van der Waals surface area contributed by atoms with E-state index in [1.807, 2.05) is 0 Å². The molecule has 118 valence electrons. The van der Waals surface area contributed by atoms with E-state index in [4.69, 9.17) is 0 Å². The Balaban J connectivity index is 2.05. The Labute approximate surface area is 135 Å². The second-order valence-electron chi connectivity index (χ2n) is 5.72. The highest BCUT2D eigenvalue weighted by molar-refractivity contribution is 5.21. The molecule has 2 aromatic carbocycles. The molecule has 0 radical (unpaired) electrons. The van der Waals surface area contributed by atoms with Gasteiger partial charge >= 0.3 is 0 Å². The minimum absolute atomic E-state index is 0.356. The molecule has 0 aliphatic rings. The molecule has 0 saturated carbocycles. The van der Waals surface area contributed by atoms with Crippen molar-refractivity contribution in [2.75, 3.05) is 6.54 Å². The van der Waals surface area contributed by atoms with Gasteiger partial charge < -0.3 is 10.6 Å². The monoisotopic (exact) mass is 296 g/mol. The number of nitrogens with one attached hydrogen (secondary N) is 2. The number of benzene rings is 2. The lowest BCUT2D eigenvalue weighted by atomic mass is 9.96. The van der Waals surface area contributed by atoms with Crippen LogP contribution in [0.1, 0.15) is 43.9 Å². The van der Waals surface area contributed by atoms with Gasteiger partial charge in [-0.1, -0.05) is 74.5 Å². The Morgan fingerprint density at radius 1 is 0.818 bits per heavy atom. The fourth-order valence-electron chi connectivity index (χ4n) is 2.80. The first-order chi connectivity index (χ1) is 10.8. The van der Waals surface area contributed by atoms with Crippen LogP contribution in [0.15, 0.2) is 60.7 Å². The maximum atomic E-state index is 3.73. The SMILES string of the molecule is CCCN[C@@H](c1ccccc1)[C@H](CC)NCc1ccccc1. The second kappa shape index (κ2) is 9.39. The van der Waals surface area contributed by atoms with Crippen LogP contribution in [0.5, 0.6) is 0 Å². The summed E-state index contributed by atoms with van der Waals surface area (Å²) in [5.41, 5.74) is 2.70. The van der Waals surface area contributed by atoms with Gasteiger partial charge in [-0.25, -0.2) is 0 Å². The Morgan fingerprint density at radius 3 is 2.05 bits per heavy atom. The van der Waals surface area contributed by atoms with Crippen LogP contribution >= 0.6 is 0 Å². The van der Waals surface area contributed by atoms with E-state index in [1.165, 1.54) is 11.1 Å². The molecule has 2 atom stereocenters. The average Bonchev–Trinajstić information content (AvgIpc) is 2.59. The molecule has 2 heteroatoms. The summed E-state index contributed by atoms with van der Waals surface area (Å²) in [4.78, 5) is 0. The molecular weight excluding hydrogens is 268 g/mol. The summed E-state index contributed by atoms with van der Waals surface area (Å²) in [6.07, 6.45) is 2.25. The molecular formula is C20H28N2. The van der Waals surface area contributed by atoms with Crippen molar-refractivity contribution in [3.63, 3.8) is 0 Å². The maximum Gasteiger partial charge on any atom is 0.0475 e. The zero-order chi connectivity index (χ0) is 15.6. The Kier molecular flexibility index (Phi) is 7.14. The molecule has 0 bridgehead atoms. The van der Waals surface area contributed by atoms with Crippen molar-refractivity contribution in [2.24, 2.45) is 0 Å². The molecule has 0 aliphatic carbocycles. The zero-order valence-electron chi connectivity index (χ0n) is 13.8. The van der Waals surface area contributed by atoms with Gasteiger partial charge in [-0.2, -0.15) is 0 Å². The molecule has 0 fully saturated rings. The van der Waals surface area contributed by atoms with E-state index >= 15 is 0 Å². The van der Waals surface area contributed by atoms with Crippen LogP contribution in [0.2, 0.25) is 0 Å². The maximum absolute atomic E-state index is 3.73. The molecule has 0 unspecified atom stereocenters. The van der Waals surface area contributed by atoms with Gasteiger partial charge in [0.25, 0.3) is 0 Å². The van der Waals surface area contributed by atoms with Crippen LogP contribution in [0.3, 0.4) is 0 Å². The Bertz CT molecular complexity index is 510. The molecule has 22 heavy (non-hydrogen) atoms. The predicted octanol–water partition coefficient (Wildman–Crippen LogP) is 4.30. The van der Waals surface area contributed by atoms with E-state index in [1.54, 1.807) is 0 Å². The van der Waals surface area contributed by atoms with Gasteiger partial charge in [0.05, 0.1) is 0 Å². The fraction of sp³-hybridized carbons (Fsp3) is 0.400. The van der Waals surface area contributed by atoms with Crippen molar-refractivity contribution in [3.05, 3.63) is 71.8 Å². The molecule has 0 saturated heterocycles. The largest absolute Gasteiger partial charge is 0.309 e. The normalized spacial score (nSPS) is 13.7. The van der Waals surface area contributed by atoms with Gasteiger partial charge in [0, 0.05) is 18.6 Å². The van der Waals surface area contributed by atoms with E-state index in [0.717, 1.165) is 25.9 Å². The third kappa shape index (κ3) is 4.97. The first-order valence-corrected chi connectivity index (χ1v) is 8.40. The molecule has 0 spiro atoms. The van der Waals surface area contributed by atoms with Gasteiger partial charge in [0.2, 0.25) is 0 Å². The summed E-state index contributed by atoms with van der Waals surface area (Å²) in [5.74, 6) is 0. The third-order valence-electron chi connectivity index (χ3n) is 4.03. The van der Waals surface area contributed by atoms with Crippen LogP contribution in [0.25, 0.3) is 0 Å². The zero-order valence-corrected chi connectivity index (χ0v) is 13.8. The highest BCUT2D eigenvalue weighted by atomic mass is 15.0. The molecule has 2 N–H and O–H groups in total. The van der Waals surface area contributed by atoms with Crippen molar-refractivity contribution in [1.82, 2.24) is 10.6 Å². The summed E-state index contributed by atoms with van der Waals surface area (Å²) in [5, 5.41) is 7.44. The lowest BCUT2D eigenvalue weighted by molar-refractivity contribution is 0.365. The molecule has 2 rings (SSSR count). The highest BCUT2D eigenvalue weighted by Crippen LogP contribution is 2.19. The summed E-state index contributed by atoms with van der Waals surface area (Å²) < 4.78 is 0. The van der Waals surface area contributed by atoms with Crippen molar-refractivity contribution in [3.8, 4) is 0 Å². The van der Waals surface area contributed by atoms with Crippen LogP contribution in [0.4, 0.5) is 0 Å². The lowest BCUT2D eigenvalue weighted by Crippen LogP contribution is -2.41. The van der Waals surface area contributed by atoms with Crippen molar-refractivity contribution >= 4 is 0 Å².